The Morgan fingerprint density at radius 3 is 2.56 bits per heavy atom. The van der Waals surface area contributed by atoms with Gasteiger partial charge < -0.3 is 10.2 Å². The minimum atomic E-state index is 0.183. The number of amides is 1. The van der Waals surface area contributed by atoms with Crippen LogP contribution in [0.15, 0.2) is 30.3 Å². The Morgan fingerprint density at radius 1 is 1.25 bits per heavy atom. The second kappa shape index (κ2) is 7.01. The largest absolute Gasteiger partial charge is 0.320 e. The van der Waals surface area contributed by atoms with Crippen molar-refractivity contribution in [2.24, 2.45) is 0 Å². The summed E-state index contributed by atoms with van der Waals surface area (Å²) >= 11 is 0. The van der Waals surface area contributed by atoms with Crippen molar-refractivity contribution in [3.8, 4) is 0 Å². The summed E-state index contributed by atoms with van der Waals surface area (Å²) in [6.07, 6.45) is 2.61. The third-order valence-corrected chi connectivity index (χ3v) is 2.59. The second-order valence-electron chi connectivity index (χ2n) is 3.85. The van der Waals surface area contributed by atoms with Crippen molar-refractivity contribution in [3.63, 3.8) is 0 Å². The van der Waals surface area contributed by atoms with Crippen LogP contribution in [0.4, 0.5) is 5.69 Å². The quantitative estimate of drug-likeness (QED) is 0.744. The molecule has 0 fully saturated rings. The summed E-state index contributed by atoms with van der Waals surface area (Å²) in [5.41, 5.74) is 0.959. The molecule has 1 amide bonds. The van der Waals surface area contributed by atoms with Gasteiger partial charge in [0.15, 0.2) is 0 Å². The molecule has 0 spiro atoms. The van der Waals surface area contributed by atoms with E-state index >= 15 is 0 Å². The van der Waals surface area contributed by atoms with Gasteiger partial charge in [-0.1, -0.05) is 18.2 Å². The highest BCUT2D eigenvalue weighted by molar-refractivity contribution is 5.92. The molecule has 1 N–H and O–H groups in total. The van der Waals surface area contributed by atoms with Crippen molar-refractivity contribution in [3.05, 3.63) is 30.3 Å². The predicted octanol–water partition coefficient (Wildman–Crippen LogP) is 2.04. The first-order valence-corrected chi connectivity index (χ1v) is 5.72. The number of hydrogen-bond acceptors (Lipinski definition) is 2. The van der Waals surface area contributed by atoms with E-state index in [1.54, 1.807) is 4.90 Å². The molecule has 0 aliphatic heterocycles. The van der Waals surface area contributed by atoms with Crippen molar-refractivity contribution in [2.75, 3.05) is 25.5 Å². The number of anilines is 1. The molecule has 0 radical (unpaired) electrons. The Morgan fingerprint density at radius 2 is 1.94 bits per heavy atom. The maximum atomic E-state index is 11.8. The van der Waals surface area contributed by atoms with E-state index in [2.05, 4.69) is 5.32 Å². The molecule has 1 aromatic carbocycles. The number of nitrogens with one attached hydrogen (secondary N) is 1. The Hall–Kier alpha value is -1.35. The van der Waals surface area contributed by atoms with E-state index in [1.807, 2.05) is 44.4 Å². The molecule has 0 atom stereocenters. The van der Waals surface area contributed by atoms with Gasteiger partial charge in [-0.2, -0.15) is 0 Å². The monoisotopic (exact) mass is 220 g/mol. The van der Waals surface area contributed by atoms with Crippen LogP contribution < -0.4 is 10.2 Å². The van der Waals surface area contributed by atoms with Crippen molar-refractivity contribution in [1.29, 1.82) is 0 Å². The summed E-state index contributed by atoms with van der Waals surface area (Å²) in [4.78, 5) is 13.5. The highest BCUT2D eigenvalue weighted by Crippen LogP contribution is 2.12. The van der Waals surface area contributed by atoms with Gasteiger partial charge in [0.05, 0.1) is 0 Å². The summed E-state index contributed by atoms with van der Waals surface area (Å²) in [5, 5.41) is 3.08. The fourth-order valence-electron chi connectivity index (χ4n) is 1.54. The first-order valence-electron chi connectivity index (χ1n) is 5.72. The van der Waals surface area contributed by atoms with Crippen molar-refractivity contribution >= 4 is 11.6 Å². The number of carbonyl (C=O) groups excluding carboxylic acids is 1. The van der Waals surface area contributed by atoms with E-state index in [9.17, 15) is 4.79 Å². The molecule has 1 rings (SSSR count). The topological polar surface area (TPSA) is 32.3 Å². The Balaban J connectivity index is 2.37. The summed E-state index contributed by atoms with van der Waals surface area (Å²) in [6.45, 7) is 0.975. The van der Waals surface area contributed by atoms with Crippen LogP contribution >= 0.6 is 0 Å². The lowest BCUT2D eigenvalue weighted by Gasteiger charge is -2.17. The fourth-order valence-corrected chi connectivity index (χ4v) is 1.54. The maximum Gasteiger partial charge on any atom is 0.226 e. The molecule has 0 aromatic heterocycles. The molecule has 0 aliphatic rings. The van der Waals surface area contributed by atoms with Crippen molar-refractivity contribution in [2.45, 2.75) is 19.3 Å². The second-order valence-corrected chi connectivity index (χ2v) is 3.85. The summed E-state index contributed by atoms with van der Waals surface area (Å²) < 4.78 is 0. The zero-order chi connectivity index (χ0) is 11.8. The molecule has 0 heterocycles. The Labute approximate surface area is 97.5 Å². The maximum absolute atomic E-state index is 11.8. The van der Waals surface area contributed by atoms with E-state index in [-0.39, 0.29) is 5.91 Å². The number of benzene rings is 1. The van der Waals surface area contributed by atoms with Crippen molar-refractivity contribution in [1.82, 2.24) is 5.32 Å². The molecular formula is C13H20N2O. The van der Waals surface area contributed by atoms with Crippen LogP contribution in [0.5, 0.6) is 0 Å². The predicted molar refractivity (Wildman–Crippen MR) is 67.6 cm³/mol. The molecule has 0 aliphatic carbocycles. The zero-order valence-corrected chi connectivity index (χ0v) is 10.1. The van der Waals surface area contributed by atoms with Crippen molar-refractivity contribution < 1.29 is 4.79 Å². The van der Waals surface area contributed by atoms with Crippen LogP contribution in [0.25, 0.3) is 0 Å². The first-order chi connectivity index (χ1) is 7.75. The van der Waals surface area contributed by atoms with Crippen LogP contribution in [0, 0.1) is 0 Å². The Bertz CT molecular complexity index is 311. The van der Waals surface area contributed by atoms with E-state index in [4.69, 9.17) is 0 Å². The summed E-state index contributed by atoms with van der Waals surface area (Å²) in [5.74, 6) is 0.183. The number of unbranched alkanes of at least 4 members (excludes halogenated alkanes) is 1. The lowest BCUT2D eigenvalue weighted by Crippen LogP contribution is -2.25. The average Bonchev–Trinajstić information content (AvgIpc) is 2.34. The smallest absolute Gasteiger partial charge is 0.226 e. The van der Waals surface area contributed by atoms with Gasteiger partial charge in [-0.3, -0.25) is 4.79 Å². The van der Waals surface area contributed by atoms with Crippen LogP contribution in [0.1, 0.15) is 19.3 Å². The van der Waals surface area contributed by atoms with Crippen LogP contribution in [0.3, 0.4) is 0 Å². The molecule has 0 bridgehead atoms. The fraction of sp³-hybridized carbons (Fsp3) is 0.462. The van der Waals surface area contributed by atoms with Crippen LogP contribution in [-0.4, -0.2) is 26.5 Å². The van der Waals surface area contributed by atoms with E-state index in [1.165, 1.54) is 0 Å². The van der Waals surface area contributed by atoms with Gasteiger partial charge in [0.2, 0.25) is 5.91 Å². The van der Waals surface area contributed by atoms with Gasteiger partial charge in [-0.05, 0) is 38.6 Å². The van der Waals surface area contributed by atoms with E-state index < -0.39 is 0 Å². The number of para-hydroxylation sites is 1. The SMILES string of the molecule is CNCCCCC(=O)N(C)c1ccccc1. The van der Waals surface area contributed by atoms with Gasteiger partial charge in [0.1, 0.15) is 0 Å². The molecule has 0 unspecified atom stereocenters. The molecule has 88 valence electrons. The summed E-state index contributed by atoms with van der Waals surface area (Å²) in [7, 11) is 3.76. The molecular weight excluding hydrogens is 200 g/mol. The average molecular weight is 220 g/mol. The van der Waals surface area contributed by atoms with Crippen LogP contribution in [0.2, 0.25) is 0 Å². The third-order valence-electron chi connectivity index (χ3n) is 2.59. The van der Waals surface area contributed by atoms with Crippen LogP contribution in [-0.2, 0) is 4.79 Å². The van der Waals surface area contributed by atoms with Gasteiger partial charge in [0, 0.05) is 19.2 Å². The van der Waals surface area contributed by atoms with Gasteiger partial charge in [-0.15, -0.1) is 0 Å². The summed E-state index contributed by atoms with van der Waals surface area (Å²) in [6, 6.07) is 9.74. The zero-order valence-electron chi connectivity index (χ0n) is 10.1. The first kappa shape index (κ1) is 12.7. The molecule has 1 aromatic rings. The third kappa shape index (κ3) is 4.03. The van der Waals surface area contributed by atoms with Gasteiger partial charge >= 0.3 is 0 Å². The molecule has 0 saturated carbocycles. The number of rotatable bonds is 6. The Kier molecular flexibility index (Phi) is 5.57. The molecule has 3 heteroatoms. The van der Waals surface area contributed by atoms with E-state index in [0.29, 0.717) is 6.42 Å². The standard InChI is InChI=1S/C13H20N2O/c1-14-11-7-6-10-13(16)15(2)12-8-4-3-5-9-12/h3-5,8-9,14H,6-7,10-11H2,1-2H3. The highest BCUT2D eigenvalue weighted by Gasteiger charge is 2.09. The number of nitrogens with zero attached hydrogens (tertiary/aromatic N) is 1. The van der Waals surface area contributed by atoms with E-state index in [0.717, 1.165) is 25.1 Å². The van der Waals surface area contributed by atoms with Gasteiger partial charge in [0.25, 0.3) is 0 Å². The number of carbonyl (C=O) groups is 1. The minimum absolute atomic E-state index is 0.183. The molecule has 3 nitrogen and oxygen atoms in total. The number of hydrogen-bond donors (Lipinski definition) is 1. The normalized spacial score (nSPS) is 10.1. The van der Waals surface area contributed by atoms with Gasteiger partial charge in [-0.25, -0.2) is 0 Å². The highest BCUT2D eigenvalue weighted by atomic mass is 16.2. The lowest BCUT2D eigenvalue weighted by atomic mass is 10.2. The molecule has 16 heavy (non-hydrogen) atoms. The lowest BCUT2D eigenvalue weighted by molar-refractivity contribution is -0.118. The minimum Gasteiger partial charge on any atom is -0.320 e. The molecule has 0 saturated heterocycles.